The van der Waals surface area contributed by atoms with Crippen LogP contribution in [-0.4, -0.2) is 41.6 Å². The molecule has 0 aromatic heterocycles. The minimum absolute atomic E-state index is 0.0419. The van der Waals surface area contributed by atoms with Crippen LogP contribution >= 0.6 is 0 Å². The van der Waals surface area contributed by atoms with Gasteiger partial charge in [0.2, 0.25) is 15.9 Å². The van der Waals surface area contributed by atoms with Gasteiger partial charge >= 0.3 is 0 Å². The predicted molar refractivity (Wildman–Crippen MR) is 107 cm³/mol. The van der Waals surface area contributed by atoms with Crippen LogP contribution in [0.1, 0.15) is 17.5 Å². The molecule has 0 aliphatic heterocycles. The Bertz CT molecular complexity index is 1030. The van der Waals surface area contributed by atoms with E-state index >= 15 is 0 Å². The molecule has 0 aliphatic carbocycles. The highest BCUT2D eigenvalue weighted by atomic mass is 32.2. The maximum Gasteiger partial charge on any atom is 0.240 e. The fraction of sp³-hybridized carbons (Fsp3) is 0.316. The van der Waals surface area contributed by atoms with Gasteiger partial charge in [-0.15, -0.1) is 0 Å². The Morgan fingerprint density at radius 2 is 1.61 bits per heavy atom. The molecule has 0 spiro atoms. The summed E-state index contributed by atoms with van der Waals surface area (Å²) < 4.78 is 51.4. The number of sulfone groups is 1. The number of rotatable bonds is 9. The lowest BCUT2D eigenvalue weighted by Crippen LogP contribution is -2.33. The fourth-order valence-corrected chi connectivity index (χ4v) is 5.07. The van der Waals surface area contributed by atoms with E-state index in [-0.39, 0.29) is 35.1 Å². The third kappa shape index (κ3) is 6.15. The molecule has 2 N–H and O–H groups in total. The number of benzene rings is 2. The van der Waals surface area contributed by atoms with Gasteiger partial charge in [0.15, 0.2) is 9.84 Å². The molecule has 0 saturated heterocycles. The zero-order valence-corrected chi connectivity index (χ0v) is 17.4. The molecule has 0 heterocycles. The Morgan fingerprint density at radius 1 is 0.929 bits per heavy atom. The van der Waals surface area contributed by atoms with Crippen molar-refractivity contribution in [1.29, 1.82) is 0 Å². The van der Waals surface area contributed by atoms with Gasteiger partial charge in [-0.1, -0.05) is 30.3 Å². The van der Waals surface area contributed by atoms with E-state index in [2.05, 4.69) is 10.0 Å². The highest BCUT2D eigenvalue weighted by molar-refractivity contribution is 7.91. The van der Waals surface area contributed by atoms with Crippen molar-refractivity contribution in [2.45, 2.75) is 30.1 Å². The summed E-state index contributed by atoms with van der Waals surface area (Å²) in [7, 11) is -7.19. The Kier molecular flexibility index (Phi) is 7.34. The SMILES string of the molecule is Cc1ccc(C)c(S(=O)(=O)NCCC(=O)NCCS(=O)(=O)c2ccccc2)c1. The number of carbonyl (C=O) groups is 1. The molecule has 0 saturated carbocycles. The molecular weight excluding hydrogens is 400 g/mol. The van der Waals surface area contributed by atoms with Crippen molar-refractivity contribution in [3.8, 4) is 0 Å². The number of nitrogens with one attached hydrogen (secondary N) is 2. The second-order valence-corrected chi connectivity index (χ2v) is 10.2. The van der Waals surface area contributed by atoms with Crippen LogP contribution in [0.3, 0.4) is 0 Å². The van der Waals surface area contributed by atoms with Crippen molar-refractivity contribution in [3.63, 3.8) is 0 Å². The average molecular weight is 425 g/mol. The maximum absolute atomic E-state index is 12.4. The zero-order chi connectivity index (χ0) is 20.8. The molecule has 2 aromatic rings. The lowest BCUT2D eigenvalue weighted by atomic mass is 10.2. The smallest absolute Gasteiger partial charge is 0.240 e. The van der Waals surface area contributed by atoms with Crippen molar-refractivity contribution in [3.05, 3.63) is 59.7 Å². The van der Waals surface area contributed by atoms with Crippen LogP contribution in [0.5, 0.6) is 0 Å². The summed E-state index contributed by atoms with van der Waals surface area (Å²) in [6.45, 7) is 3.38. The van der Waals surface area contributed by atoms with E-state index in [4.69, 9.17) is 0 Å². The molecule has 0 radical (unpaired) electrons. The van der Waals surface area contributed by atoms with Crippen molar-refractivity contribution in [1.82, 2.24) is 10.0 Å². The monoisotopic (exact) mass is 424 g/mol. The van der Waals surface area contributed by atoms with Gasteiger partial charge < -0.3 is 5.32 Å². The first kappa shape index (κ1) is 22.1. The first-order valence-corrected chi connectivity index (χ1v) is 11.9. The van der Waals surface area contributed by atoms with Gasteiger partial charge in [-0.2, -0.15) is 0 Å². The average Bonchev–Trinajstić information content (AvgIpc) is 2.64. The van der Waals surface area contributed by atoms with E-state index in [9.17, 15) is 21.6 Å². The van der Waals surface area contributed by atoms with Gasteiger partial charge in [-0.25, -0.2) is 21.6 Å². The lowest BCUT2D eigenvalue weighted by molar-refractivity contribution is -0.120. The van der Waals surface area contributed by atoms with Gasteiger partial charge in [-0.3, -0.25) is 4.79 Å². The molecule has 7 nitrogen and oxygen atoms in total. The highest BCUT2D eigenvalue weighted by Gasteiger charge is 2.17. The van der Waals surface area contributed by atoms with Gasteiger partial charge in [-0.05, 0) is 43.2 Å². The summed E-state index contributed by atoms with van der Waals surface area (Å²) in [6.07, 6.45) is -0.0878. The third-order valence-corrected chi connectivity index (χ3v) is 7.41. The van der Waals surface area contributed by atoms with Crippen LogP contribution in [0.15, 0.2) is 58.3 Å². The molecule has 2 aromatic carbocycles. The van der Waals surface area contributed by atoms with Crippen LogP contribution in [0.4, 0.5) is 0 Å². The third-order valence-electron chi connectivity index (χ3n) is 4.07. The summed E-state index contributed by atoms with van der Waals surface area (Å²) in [5.41, 5.74) is 1.44. The minimum Gasteiger partial charge on any atom is -0.355 e. The summed E-state index contributed by atoms with van der Waals surface area (Å²) in [5.74, 6) is -0.649. The number of carbonyl (C=O) groups excluding carboxylic acids is 1. The molecule has 2 rings (SSSR count). The molecule has 0 fully saturated rings. The van der Waals surface area contributed by atoms with E-state index in [1.165, 1.54) is 12.1 Å². The van der Waals surface area contributed by atoms with Gasteiger partial charge in [0.25, 0.3) is 0 Å². The van der Waals surface area contributed by atoms with Crippen molar-refractivity contribution < 1.29 is 21.6 Å². The molecule has 0 unspecified atom stereocenters. The van der Waals surface area contributed by atoms with Crippen molar-refractivity contribution in [2.24, 2.45) is 0 Å². The molecule has 152 valence electrons. The molecule has 0 atom stereocenters. The number of hydrogen-bond donors (Lipinski definition) is 2. The van der Waals surface area contributed by atoms with Crippen LogP contribution in [0.2, 0.25) is 0 Å². The molecule has 9 heteroatoms. The van der Waals surface area contributed by atoms with Gasteiger partial charge in [0, 0.05) is 19.5 Å². The van der Waals surface area contributed by atoms with Crippen molar-refractivity contribution in [2.75, 3.05) is 18.8 Å². The first-order valence-electron chi connectivity index (χ1n) is 8.73. The highest BCUT2D eigenvalue weighted by Crippen LogP contribution is 2.16. The van der Waals surface area contributed by atoms with Crippen molar-refractivity contribution >= 4 is 25.8 Å². The number of aryl methyl sites for hydroxylation is 2. The van der Waals surface area contributed by atoms with E-state index in [1.807, 2.05) is 6.07 Å². The standard InChI is InChI=1S/C19H24N2O5S2/c1-15-8-9-16(2)18(14-15)28(25,26)21-11-10-19(22)20-12-13-27(23,24)17-6-4-3-5-7-17/h3-9,14,21H,10-13H2,1-2H3,(H,20,22). The summed E-state index contributed by atoms with van der Waals surface area (Å²) in [5, 5.41) is 2.50. The van der Waals surface area contributed by atoms with Crippen LogP contribution in [-0.2, 0) is 24.7 Å². The quantitative estimate of drug-likeness (QED) is 0.635. The largest absolute Gasteiger partial charge is 0.355 e. The molecular formula is C19H24N2O5S2. The molecule has 28 heavy (non-hydrogen) atoms. The normalized spacial score (nSPS) is 11.9. The summed E-state index contributed by atoms with van der Waals surface area (Å²) in [6, 6.07) is 13.1. The second-order valence-electron chi connectivity index (χ2n) is 6.40. The first-order chi connectivity index (χ1) is 13.1. The molecule has 1 amide bonds. The zero-order valence-electron chi connectivity index (χ0n) is 15.8. The Labute approximate surface area is 166 Å². The Balaban J connectivity index is 1.81. The maximum atomic E-state index is 12.4. The predicted octanol–water partition coefficient (Wildman–Crippen LogP) is 1.56. The van der Waals surface area contributed by atoms with E-state index in [1.54, 1.807) is 44.2 Å². The summed E-state index contributed by atoms with van der Waals surface area (Å²) >= 11 is 0. The number of hydrogen-bond acceptors (Lipinski definition) is 5. The van der Waals surface area contributed by atoms with E-state index < -0.39 is 25.8 Å². The summed E-state index contributed by atoms with van der Waals surface area (Å²) in [4.78, 5) is 12.2. The number of sulfonamides is 1. The minimum atomic E-state index is -3.71. The topological polar surface area (TPSA) is 109 Å². The van der Waals surface area contributed by atoms with Crippen LogP contribution < -0.4 is 10.0 Å². The second kappa shape index (κ2) is 9.31. The molecule has 0 aliphatic rings. The van der Waals surface area contributed by atoms with Crippen LogP contribution in [0.25, 0.3) is 0 Å². The number of amides is 1. The Hall–Kier alpha value is -2.23. The van der Waals surface area contributed by atoms with Gasteiger partial charge in [0.05, 0.1) is 15.5 Å². The van der Waals surface area contributed by atoms with E-state index in [0.29, 0.717) is 5.56 Å². The van der Waals surface area contributed by atoms with Crippen LogP contribution in [0, 0.1) is 13.8 Å². The van der Waals surface area contributed by atoms with Gasteiger partial charge in [0.1, 0.15) is 0 Å². The molecule has 0 bridgehead atoms. The van der Waals surface area contributed by atoms with E-state index in [0.717, 1.165) is 5.56 Å². The lowest BCUT2D eigenvalue weighted by Gasteiger charge is -2.10. The fourth-order valence-electron chi connectivity index (χ4n) is 2.53. The Morgan fingerprint density at radius 3 is 2.29 bits per heavy atom.